The topological polar surface area (TPSA) is 83.5 Å². The van der Waals surface area contributed by atoms with Crippen LogP contribution in [0.4, 0.5) is 5.69 Å². The number of nitrogens with one attached hydrogen (secondary N) is 1. The van der Waals surface area contributed by atoms with Crippen molar-refractivity contribution in [2.75, 3.05) is 5.32 Å². The van der Waals surface area contributed by atoms with Gasteiger partial charge in [0.25, 0.3) is 0 Å². The summed E-state index contributed by atoms with van der Waals surface area (Å²) in [5.41, 5.74) is 1.23. The molecule has 0 bridgehead atoms. The number of aromatic carboxylic acids is 1. The van der Waals surface area contributed by atoms with Crippen molar-refractivity contribution in [3.05, 3.63) is 29.3 Å². The average molecular weight is 544 g/mol. The molecule has 0 aromatic heterocycles. The Bertz CT molecular complexity index is 748. The molecule has 222 valence electrons. The number of amides is 1. The number of anilines is 1. The predicted molar refractivity (Wildman–Crippen MR) is 164 cm³/mol. The molecule has 5 nitrogen and oxygen atoms in total. The highest BCUT2D eigenvalue weighted by Gasteiger charge is 2.12. The van der Waals surface area contributed by atoms with E-state index in [0.29, 0.717) is 24.1 Å². The molecule has 0 saturated carbocycles. The molecule has 0 fully saturated rings. The summed E-state index contributed by atoms with van der Waals surface area (Å²) in [4.78, 5) is 36.6. The number of ketones is 1. The lowest BCUT2D eigenvalue weighted by Crippen LogP contribution is -2.13. The highest BCUT2D eigenvalue weighted by Crippen LogP contribution is 2.19. The fourth-order valence-electron chi connectivity index (χ4n) is 5.11. The highest BCUT2D eigenvalue weighted by atomic mass is 16.4. The summed E-state index contributed by atoms with van der Waals surface area (Å²) in [7, 11) is 0. The molecule has 1 amide bonds. The third kappa shape index (κ3) is 19.5. The van der Waals surface area contributed by atoms with Crippen molar-refractivity contribution in [3.63, 3.8) is 0 Å². The average Bonchev–Trinajstić information content (AvgIpc) is 2.90. The van der Waals surface area contributed by atoms with Crippen LogP contribution in [0.3, 0.4) is 0 Å². The monoisotopic (exact) mass is 543 g/mol. The first-order chi connectivity index (χ1) is 19.0. The summed E-state index contributed by atoms with van der Waals surface area (Å²) in [6.45, 7) is 4.47. The van der Waals surface area contributed by atoms with Gasteiger partial charge in [0.05, 0.1) is 5.56 Å². The van der Waals surface area contributed by atoms with E-state index < -0.39 is 5.97 Å². The van der Waals surface area contributed by atoms with Crippen LogP contribution in [0.15, 0.2) is 18.2 Å². The summed E-state index contributed by atoms with van der Waals surface area (Å²) in [6.07, 6.45) is 25.6. The molecule has 1 aromatic rings. The summed E-state index contributed by atoms with van der Waals surface area (Å²) in [6, 6.07) is 4.78. The van der Waals surface area contributed by atoms with E-state index in [1.807, 2.05) is 0 Å². The van der Waals surface area contributed by atoms with E-state index in [9.17, 15) is 19.5 Å². The van der Waals surface area contributed by atoms with Crippen LogP contribution in [-0.2, 0) is 16.0 Å². The molecule has 0 heterocycles. The smallest absolute Gasteiger partial charge is 0.335 e. The van der Waals surface area contributed by atoms with Gasteiger partial charge >= 0.3 is 5.97 Å². The van der Waals surface area contributed by atoms with Gasteiger partial charge in [-0.25, -0.2) is 4.79 Å². The lowest BCUT2D eigenvalue weighted by Gasteiger charge is -2.10. The van der Waals surface area contributed by atoms with Crippen LogP contribution in [0.5, 0.6) is 0 Å². The second-order valence-corrected chi connectivity index (χ2v) is 11.4. The van der Waals surface area contributed by atoms with Gasteiger partial charge in [-0.05, 0) is 36.6 Å². The molecule has 0 radical (unpaired) electrons. The number of Topliss-reactive ketones (excluding diaryl/α,β-unsaturated/α-hetero) is 1. The van der Waals surface area contributed by atoms with E-state index in [1.54, 1.807) is 12.1 Å². The minimum absolute atomic E-state index is 0.0975. The molecule has 0 atom stereocenters. The van der Waals surface area contributed by atoms with Gasteiger partial charge in [-0.15, -0.1) is 0 Å². The molecule has 1 rings (SSSR count). The Balaban J connectivity index is 2.31. The first kappa shape index (κ1) is 34.9. The molecule has 0 aliphatic heterocycles. The molecule has 0 aliphatic rings. The number of carboxylic acid groups (broad SMARTS) is 1. The van der Waals surface area contributed by atoms with Gasteiger partial charge in [0.1, 0.15) is 5.78 Å². The number of benzene rings is 1. The van der Waals surface area contributed by atoms with Crippen molar-refractivity contribution in [2.24, 2.45) is 0 Å². The van der Waals surface area contributed by atoms with Crippen LogP contribution < -0.4 is 5.32 Å². The zero-order valence-corrected chi connectivity index (χ0v) is 25.2. The highest BCUT2D eigenvalue weighted by molar-refractivity contribution is 5.94. The Hall–Kier alpha value is -2.17. The van der Waals surface area contributed by atoms with Crippen LogP contribution in [0.2, 0.25) is 0 Å². The second-order valence-electron chi connectivity index (χ2n) is 11.4. The fourth-order valence-corrected chi connectivity index (χ4v) is 5.11. The Morgan fingerprint density at radius 2 is 1.03 bits per heavy atom. The number of carbonyl (C=O) groups excluding carboxylic acids is 2. The molecule has 0 saturated heterocycles. The van der Waals surface area contributed by atoms with Crippen molar-refractivity contribution in [1.29, 1.82) is 0 Å². The third-order valence-electron chi connectivity index (χ3n) is 7.49. The SMILES string of the molecule is CCCCCCCCCCCCC(=O)Cc1cc(NC(=O)CCCCCCCCCCCC)cc(C(=O)O)c1. The van der Waals surface area contributed by atoms with Gasteiger partial charge < -0.3 is 10.4 Å². The Morgan fingerprint density at radius 1 is 0.590 bits per heavy atom. The molecular formula is C34H57NO4. The maximum Gasteiger partial charge on any atom is 0.335 e. The summed E-state index contributed by atoms with van der Waals surface area (Å²) in [5, 5.41) is 12.4. The van der Waals surface area contributed by atoms with E-state index in [1.165, 1.54) is 102 Å². The van der Waals surface area contributed by atoms with E-state index in [2.05, 4.69) is 19.2 Å². The minimum atomic E-state index is -1.05. The fraction of sp³-hybridized carbons (Fsp3) is 0.735. The lowest BCUT2D eigenvalue weighted by molar-refractivity contribution is -0.118. The Kier molecular flexibility index (Phi) is 21.2. The third-order valence-corrected chi connectivity index (χ3v) is 7.49. The molecule has 0 aliphatic carbocycles. The lowest BCUT2D eigenvalue weighted by atomic mass is 10.0. The summed E-state index contributed by atoms with van der Waals surface area (Å²) < 4.78 is 0. The van der Waals surface area contributed by atoms with Gasteiger partial charge in [0, 0.05) is 24.9 Å². The maximum absolute atomic E-state index is 12.5. The van der Waals surface area contributed by atoms with Gasteiger partial charge in [-0.3, -0.25) is 9.59 Å². The van der Waals surface area contributed by atoms with Gasteiger partial charge in [0.2, 0.25) is 5.91 Å². The molecule has 39 heavy (non-hydrogen) atoms. The minimum Gasteiger partial charge on any atom is -0.478 e. The number of rotatable bonds is 26. The largest absolute Gasteiger partial charge is 0.478 e. The number of hydrogen-bond donors (Lipinski definition) is 2. The predicted octanol–water partition coefficient (Wildman–Crippen LogP) is 10.1. The van der Waals surface area contributed by atoms with Crippen LogP contribution in [-0.4, -0.2) is 22.8 Å². The second kappa shape index (κ2) is 23.7. The maximum atomic E-state index is 12.5. The van der Waals surface area contributed by atoms with Crippen molar-refractivity contribution >= 4 is 23.3 Å². The van der Waals surface area contributed by atoms with Gasteiger partial charge in [-0.1, -0.05) is 129 Å². The normalized spacial score (nSPS) is 11.0. The number of unbranched alkanes of at least 4 members (excludes halogenated alkanes) is 18. The Morgan fingerprint density at radius 3 is 1.49 bits per heavy atom. The summed E-state index contributed by atoms with van der Waals surface area (Å²) in [5.74, 6) is -1.02. The van der Waals surface area contributed by atoms with Crippen molar-refractivity contribution in [2.45, 2.75) is 162 Å². The first-order valence-electron chi connectivity index (χ1n) is 16.1. The van der Waals surface area contributed by atoms with E-state index in [0.717, 1.165) is 32.1 Å². The number of carbonyl (C=O) groups is 3. The standard InChI is InChI=1S/C34H57NO4/c1-3-5-7-9-11-13-15-17-19-21-23-32(36)27-29-25-30(34(38)39)28-31(26-29)35-33(37)24-22-20-18-16-14-12-10-8-6-4-2/h25-26,28H,3-24,27H2,1-2H3,(H,35,37)(H,38,39). The summed E-state index contributed by atoms with van der Waals surface area (Å²) >= 11 is 0. The van der Waals surface area contributed by atoms with E-state index in [-0.39, 0.29) is 23.7 Å². The van der Waals surface area contributed by atoms with Crippen molar-refractivity contribution in [1.82, 2.24) is 0 Å². The zero-order chi connectivity index (χ0) is 28.6. The molecule has 0 spiro atoms. The molecule has 5 heteroatoms. The number of hydrogen-bond acceptors (Lipinski definition) is 3. The van der Waals surface area contributed by atoms with Crippen molar-refractivity contribution in [3.8, 4) is 0 Å². The molecule has 2 N–H and O–H groups in total. The van der Waals surface area contributed by atoms with Gasteiger partial charge in [0.15, 0.2) is 0 Å². The van der Waals surface area contributed by atoms with Gasteiger partial charge in [-0.2, -0.15) is 0 Å². The quantitative estimate of drug-likeness (QED) is 0.114. The molecular weight excluding hydrogens is 486 g/mol. The van der Waals surface area contributed by atoms with Crippen LogP contribution >= 0.6 is 0 Å². The number of carboxylic acids is 1. The van der Waals surface area contributed by atoms with Crippen LogP contribution in [0.1, 0.15) is 171 Å². The molecule has 0 unspecified atom stereocenters. The van der Waals surface area contributed by atoms with Crippen LogP contribution in [0.25, 0.3) is 0 Å². The Labute approximate surface area is 238 Å². The van der Waals surface area contributed by atoms with Crippen molar-refractivity contribution < 1.29 is 19.5 Å². The first-order valence-corrected chi connectivity index (χ1v) is 16.1. The van der Waals surface area contributed by atoms with E-state index >= 15 is 0 Å². The molecule has 1 aromatic carbocycles. The van der Waals surface area contributed by atoms with Crippen LogP contribution in [0, 0.1) is 0 Å². The zero-order valence-electron chi connectivity index (χ0n) is 25.2. The van der Waals surface area contributed by atoms with E-state index in [4.69, 9.17) is 0 Å².